The summed E-state index contributed by atoms with van der Waals surface area (Å²) >= 11 is 0. The van der Waals surface area contributed by atoms with Gasteiger partial charge >= 0.3 is 0 Å². The van der Waals surface area contributed by atoms with Crippen molar-refractivity contribution in [1.29, 1.82) is 0 Å². The van der Waals surface area contributed by atoms with Crippen LogP contribution in [-0.4, -0.2) is 9.13 Å². The molecule has 0 aliphatic heterocycles. The van der Waals surface area contributed by atoms with Gasteiger partial charge in [-0.1, -0.05) is 127 Å². The Hall–Kier alpha value is -5.08. The molecule has 0 spiro atoms. The van der Waals surface area contributed by atoms with Gasteiger partial charge in [-0.25, -0.2) is 0 Å². The summed E-state index contributed by atoms with van der Waals surface area (Å²) in [7, 11) is 0. The molecule has 0 saturated carbocycles. The number of nitrogens with zero attached hydrogens (tertiary/aromatic N) is 2. The molecule has 0 unspecified atom stereocenters. The Morgan fingerprint density at radius 2 is 1.00 bits per heavy atom. The molecule has 0 radical (unpaired) electrons. The first-order valence-corrected chi connectivity index (χ1v) is 13.9. The van der Waals surface area contributed by atoms with Gasteiger partial charge in [-0.15, -0.1) is 0 Å². The highest BCUT2D eigenvalue weighted by molar-refractivity contribution is 6.08. The molecule has 7 aromatic rings. The molecule has 40 heavy (non-hydrogen) atoms. The van der Waals surface area contributed by atoms with Crippen LogP contribution >= 0.6 is 0 Å². The third-order valence-corrected chi connectivity index (χ3v) is 8.36. The maximum atomic E-state index is 2.53. The fourth-order valence-electron chi connectivity index (χ4n) is 6.58. The van der Waals surface area contributed by atoms with Crippen LogP contribution in [-0.2, 0) is 5.66 Å². The number of rotatable bonds is 4. The van der Waals surface area contributed by atoms with Crippen molar-refractivity contribution in [3.63, 3.8) is 0 Å². The van der Waals surface area contributed by atoms with Gasteiger partial charge in [-0.05, 0) is 47.5 Å². The Labute approximate surface area is 233 Å². The van der Waals surface area contributed by atoms with Crippen LogP contribution in [0.4, 0.5) is 0 Å². The zero-order chi connectivity index (χ0) is 26.5. The number of para-hydroxylation sites is 3. The molecule has 2 aromatic heterocycles. The van der Waals surface area contributed by atoms with Crippen molar-refractivity contribution in [2.45, 2.75) is 11.6 Å². The van der Waals surface area contributed by atoms with Crippen molar-refractivity contribution in [3.05, 3.63) is 169 Å². The first-order chi connectivity index (χ1) is 19.8. The molecule has 2 heterocycles. The number of aromatic nitrogens is 2. The van der Waals surface area contributed by atoms with Gasteiger partial charge in [0.1, 0.15) is 0 Å². The van der Waals surface area contributed by atoms with Crippen molar-refractivity contribution in [1.82, 2.24) is 9.13 Å². The monoisotopic (exact) mass is 512 g/mol. The lowest BCUT2D eigenvalue weighted by molar-refractivity contribution is 0.425. The van der Waals surface area contributed by atoms with E-state index in [4.69, 9.17) is 0 Å². The Balaban J connectivity index is 1.50. The lowest BCUT2D eigenvalue weighted by atomic mass is 9.89. The van der Waals surface area contributed by atoms with E-state index in [1.165, 1.54) is 49.5 Å². The Kier molecular flexibility index (Phi) is 5.14. The van der Waals surface area contributed by atoms with Crippen LogP contribution < -0.4 is 0 Å². The summed E-state index contributed by atoms with van der Waals surface area (Å²) in [5, 5.41) is 3.76. The summed E-state index contributed by atoms with van der Waals surface area (Å²) in [5.74, 6) is 0.212. The molecule has 1 aliphatic carbocycles. The highest BCUT2D eigenvalue weighted by Gasteiger charge is 2.37. The molecule has 2 heteroatoms. The van der Waals surface area contributed by atoms with Crippen LogP contribution in [0.5, 0.6) is 0 Å². The molecule has 0 N–H and O–H groups in total. The lowest BCUT2D eigenvalue weighted by Crippen LogP contribution is -2.39. The average molecular weight is 513 g/mol. The second kappa shape index (κ2) is 9.00. The minimum atomic E-state index is -0.609. The summed E-state index contributed by atoms with van der Waals surface area (Å²) in [6.45, 7) is 0. The predicted octanol–water partition coefficient (Wildman–Crippen LogP) is 9.53. The standard InChI is InChI=1S/C38H28N2/c1-3-13-28(14-4-1)29-23-25-38(26-24-29,40-35-21-11-8-18-32(35)33-19-9-12-22-36(33)40)39-34-20-10-7-17-31(34)27-37(39)30-15-5-2-6-16-30/h1-27,29H. The van der Waals surface area contributed by atoms with E-state index in [2.05, 4.69) is 173 Å². The molecule has 0 saturated heterocycles. The summed E-state index contributed by atoms with van der Waals surface area (Å²) in [6, 6.07) is 50.2. The first kappa shape index (κ1) is 22.9. The van der Waals surface area contributed by atoms with Gasteiger partial charge in [0.05, 0.1) is 22.2 Å². The summed E-state index contributed by atoms with van der Waals surface area (Å²) in [5.41, 5.74) is 6.72. The van der Waals surface area contributed by atoms with Crippen molar-refractivity contribution in [3.8, 4) is 11.3 Å². The topological polar surface area (TPSA) is 9.86 Å². The van der Waals surface area contributed by atoms with Crippen molar-refractivity contribution >= 4 is 32.7 Å². The van der Waals surface area contributed by atoms with Crippen LogP contribution in [0.15, 0.2) is 164 Å². The van der Waals surface area contributed by atoms with E-state index in [9.17, 15) is 0 Å². The van der Waals surface area contributed by atoms with Gasteiger partial charge in [0.25, 0.3) is 0 Å². The van der Waals surface area contributed by atoms with Gasteiger partial charge in [0.15, 0.2) is 5.66 Å². The zero-order valence-electron chi connectivity index (χ0n) is 22.1. The van der Waals surface area contributed by atoms with E-state index >= 15 is 0 Å². The quantitative estimate of drug-likeness (QED) is 0.208. The van der Waals surface area contributed by atoms with E-state index in [0.717, 1.165) is 0 Å². The van der Waals surface area contributed by atoms with Gasteiger partial charge in [-0.2, -0.15) is 0 Å². The lowest BCUT2D eigenvalue weighted by Gasteiger charge is -2.38. The molecular formula is C38H28N2. The molecule has 2 nitrogen and oxygen atoms in total. The predicted molar refractivity (Wildman–Crippen MR) is 168 cm³/mol. The molecule has 190 valence electrons. The third kappa shape index (κ3) is 3.36. The van der Waals surface area contributed by atoms with Gasteiger partial charge in [0, 0.05) is 22.1 Å². The molecule has 0 atom stereocenters. The fourth-order valence-corrected chi connectivity index (χ4v) is 6.58. The van der Waals surface area contributed by atoms with Gasteiger partial charge < -0.3 is 9.13 Å². The Bertz CT molecular complexity index is 1990. The zero-order valence-corrected chi connectivity index (χ0v) is 22.1. The van der Waals surface area contributed by atoms with Gasteiger partial charge in [0.2, 0.25) is 0 Å². The highest BCUT2D eigenvalue weighted by Crippen LogP contribution is 2.44. The Morgan fingerprint density at radius 1 is 0.475 bits per heavy atom. The second-order valence-electron chi connectivity index (χ2n) is 10.6. The minimum Gasteiger partial charge on any atom is -0.310 e. The molecule has 0 amide bonds. The van der Waals surface area contributed by atoms with E-state index in [1.807, 2.05) is 0 Å². The number of hydrogen-bond acceptors (Lipinski definition) is 0. The van der Waals surface area contributed by atoms with E-state index in [-0.39, 0.29) is 5.92 Å². The molecule has 0 bridgehead atoms. The molecule has 5 aromatic carbocycles. The number of allylic oxidation sites excluding steroid dienone is 4. The number of benzene rings is 5. The van der Waals surface area contributed by atoms with Gasteiger partial charge in [-0.3, -0.25) is 0 Å². The molecule has 0 fully saturated rings. The van der Waals surface area contributed by atoms with E-state index in [1.54, 1.807) is 0 Å². The molecule has 8 rings (SSSR count). The van der Waals surface area contributed by atoms with Crippen LogP contribution in [0.1, 0.15) is 11.5 Å². The maximum absolute atomic E-state index is 2.53. The SMILES string of the molecule is C1=CC(n2c(-c3ccccc3)cc3ccccc32)(n2c3ccccc3c3ccccc32)C=CC1c1ccccc1. The summed E-state index contributed by atoms with van der Waals surface area (Å²) < 4.78 is 5.06. The largest absolute Gasteiger partial charge is 0.310 e. The molecular weight excluding hydrogens is 484 g/mol. The van der Waals surface area contributed by atoms with Crippen LogP contribution in [0.3, 0.4) is 0 Å². The minimum absolute atomic E-state index is 0.212. The smallest absolute Gasteiger partial charge is 0.160 e. The number of hydrogen-bond donors (Lipinski definition) is 0. The van der Waals surface area contributed by atoms with E-state index < -0.39 is 5.66 Å². The van der Waals surface area contributed by atoms with Crippen LogP contribution in [0.2, 0.25) is 0 Å². The molecule has 1 aliphatic rings. The van der Waals surface area contributed by atoms with Crippen LogP contribution in [0.25, 0.3) is 44.0 Å². The van der Waals surface area contributed by atoms with Crippen molar-refractivity contribution in [2.75, 3.05) is 0 Å². The summed E-state index contributed by atoms with van der Waals surface area (Å²) in [4.78, 5) is 0. The number of fused-ring (bicyclic) bond motifs is 4. The Morgan fingerprint density at radius 3 is 1.65 bits per heavy atom. The average Bonchev–Trinajstić information content (AvgIpc) is 3.59. The second-order valence-corrected chi connectivity index (χ2v) is 10.6. The highest BCUT2D eigenvalue weighted by atomic mass is 15.3. The normalized spacial score (nSPS) is 18.6. The third-order valence-electron chi connectivity index (χ3n) is 8.36. The van der Waals surface area contributed by atoms with Crippen molar-refractivity contribution < 1.29 is 0 Å². The fraction of sp³-hybridized carbons (Fsp3) is 0.0526. The maximum Gasteiger partial charge on any atom is 0.160 e. The summed E-state index contributed by atoms with van der Waals surface area (Å²) in [6.07, 6.45) is 9.59. The van der Waals surface area contributed by atoms with E-state index in [0.29, 0.717) is 0 Å². The van der Waals surface area contributed by atoms with Crippen molar-refractivity contribution in [2.24, 2.45) is 0 Å². The first-order valence-electron chi connectivity index (χ1n) is 13.9. The van der Waals surface area contributed by atoms with Crippen LogP contribution in [0, 0.1) is 0 Å².